The van der Waals surface area contributed by atoms with Crippen LogP contribution in [-0.2, 0) is 16.4 Å². The van der Waals surface area contributed by atoms with Gasteiger partial charge < -0.3 is 9.84 Å². The summed E-state index contributed by atoms with van der Waals surface area (Å²) in [7, 11) is -0.460. The second kappa shape index (κ2) is 6.02. The minimum absolute atomic E-state index is 0.248. The van der Waals surface area contributed by atoms with E-state index in [2.05, 4.69) is 20.0 Å². The number of hydrogen-bond acceptors (Lipinski definition) is 6. The molecule has 7 nitrogen and oxygen atoms in total. The molecule has 0 bridgehead atoms. The van der Waals surface area contributed by atoms with E-state index in [-0.39, 0.29) is 4.90 Å². The van der Waals surface area contributed by atoms with Gasteiger partial charge in [-0.2, -0.15) is 4.98 Å². The minimum atomic E-state index is -3.47. The first-order valence-electron chi connectivity index (χ1n) is 6.02. The van der Waals surface area contributed by atoms with E-state index in [0.29, 0.717) is 24.5 Å². The van der Waals surface area contributed by atoms with E-state index in [1.807, 2.05) is 0 Å². The normalized spacial score (nSPS) is 11.8. The first kappa shape index (κ1) is 14.5. The zero-order valence-corrected chi connectivity index (χ0v) is 12.1. The van der Waals surface area contributed by atoms with E-state index in [4.69, 9.17) is 0 Å². The number of anilines is 1. The molecule has 0 amide bonds. The number of para-hydroxylation sites is 1. The van der Waals surface area contributed by atoms with Crippen LogP contribution >= 0.6 is 0 Å². The van der Waals surface area contributed by atoms with E-state index in [1.54, 1.807) is 24.3 Å². The summed E-state index contributed by atoms with van der Waals surface area (Å²) in [6.07, 6.45) is 1.81. The van der Waals surface area contributed by atoms with Gasteiger partial charge in [0.1, 0.15) is 4.90 Å². The highest BCUT2D eigenvalue weighted by molar-refractivity contribution is 7.89. The number of nitrogens with zero attached hydrogens (tertiary/aromatic N) is 3. The lowest BCUT2D eigenvalue weighted by Crippen LogP contribution is -2.23. The molecule has 0 radical (unpaired) electrons. The summed E-state index contributed by atoms with van der Waals surface area (Å²) in [4.78, 5) is 4.15. The van der Waals surface area contributed by atoms with Gasteiger partial charge in [0.25, 0.3) is 0 Å². The maximum atomic E-state index is 12.2. The van der Waals surface area contributed by atoms with Crippen molar-refractivity contribution in [1.29, 1.82) is 0 Å². The summed E-state index contributed by atoms with van der Waals surface area (Å²) >= 11 is 0. The molecule has 20 heavy (non-hydrogen) atoms. The van der Waals surface area contributed by atoms with Gasteiger partial charge in [0.2, 0.25) is 16.4 Å². The van der Waals surface area contributed by atoms with Crippen LogP contribution in [-0.4, -0.2) is 43.5 Å². The van der Waals surface area contributed by atoms with Crippen LogP contribution in [0.5, 0.6) is 0 Å². The molecule has 0 unspecified atom stereocenters. The highest BCUT2D eigenvalue weighted by Gasteiger charge is 2.20. The van der Waals surface area contributed by atoms with Crippen LogP contribution in [0.1, 0.15) is 5.82 Å². The lowest BCUT2D eigenvalue weighted by Gasteiger charge is -2.15. The Hall–Kier alpha value is -1.93. The minimum Gasteiger partial charge on any atom is -0.383 e. The Morgan fingerprint density at radius 2 is 2.05 bits per heavy atom. The van der Waals surface area contributed by atoms with Crippen molar-refractivity contribution in [1.82, 2.24) is 14.4 Å². The van der Waals surface area contributed by atoms with Gasteiger partial charge in [-0.05, 0) is 12.1 Å². The van der Waals surface area contributed by atoms with Crippen LogP contribution < -0.4 is 5.32 Å². The zero-order chi connectivity index (χ0) is 14.6. The summed E-state index contributed by atoms with van der Waals surface area (Å²) in [5.74, 6) is 0.574. The predicted molar refractivity (Wildman–Crippen MR) is 73.8 cm³/mol. The number of nitrogens with one attached hydrogen (secondary N) is 1. The summed E-state index contributed by atoms with van der Waals surface area (Å²) in [6.45, 7) is 0.513. The fourth-order valence-corrected chi connectivity index (χ4v) is 2.71. The molecule has 0 saturated carbocycles. The summed E-state index contributed by atoms with van der Waals surface area (Å²) in [5.41, 5.74) is 0.560. The van der Waals surface area contributed by atoms with Crippen molar-refractivity contribution in [3.05, 3.63) is 36.5 Å². The number of sulfonamides is 1. The first-order chi connectivity index (χ1) is 9.51. The molecule has 1 aromatic heterocycles. The van der Waals surface area contributed by atoms with E-state index in [0.717, 1.165) is 0 Å². The molecule has 1 N–H and O–H groups in total. The Morgan fingerprint density at radius 1 is 1.30 bits per heavy atom. The average Bonchev–Trinajstić information content (AvgIpc) is 2.92. The molecule has 1 heterocycles. The maximum absolute atomic E-state index is 12.2. The molecule has 0 aliphatic heterocycles. The van der Waals surface area contributed by atoms with Crippen molar-refractivity contribution < 1.29 is 12.9 Å². The van der Waals surface area contributed by atoms with Gasteiger partial charge in [0.15, 0.2) is 5.82 Å². The monoisotopic (exact) mass is 296 g/mol. The van der Waals surface area contributed by atoms with E-state index in [9.17, 15) is 8.42 Å². The maximum Gasteiger partial charge on any atom is 0.244 e. The summed E-state index contributed by atoms with van der Waals surface area (Å²) in [5, 5.41) is 6.78. The molecule has 0 atom stereocenters. The molecule has 2 rings (SSSR count). The Balaban J connectivity index is 2.12. The SMILES string of the molecule is CN(C)S(=O)(=O)c1ccccc1NCCc1ncon1. The predicted octanol–water partition coefficient (Wildman–Crippen LogP) is 0.975. The molecular weight excluding hydrogens is 280 g/mol. The van der Waals surface area contributed by atoms with Gasteiger partial charge in [0, 0.05) is 27.1 Å². The molecule has 0 aliphatic carbocycles. The van der Waals surface area contributed by atoms with Crippen LogP contribution in [0.2, 0.25) is 0 Å². The van der Waals surface area contributed by atoms with Gasteiger partial charge in [-0.3, -0.25) is 0 Å². The molecule has 0 aliphatic rings. The molecule has 1 aromatic carbocycles. The fraction of sp³-hybridized carbons (Fsp3) is 0.333. The molecule has 2 aromatic rings. The van der Waals surface area contributed by atoms with E-state index in [1.165, 1.54) is 24.8 Å². The van der Waals surface area contributed by atoms with Gasteiger partial charge >= 0.3 is 0 Å². The van der Waals surface area contributed by atoms with Gasteiger partial charge in [-0.1, -0.05) is 17.3 Å². The molecule has 108 valence electrons. The number of rotatable bonds is 6. The third-order valence-electron chi connectivity index (χ3n) is 2.72. The first-order valence-corrected chi connectivity index (χ1v) is 7.46. The van der Waals surface area contributed by atoms with Gasteiger partial charge in [-0.15, -0.1) is 0 Å². The fourth-order valence-electron chi connectivity index (χ4n) is 1.65. The second-order valence-electron chi connectivity index (χ2n) is 4.31. The van der Waals surface area contributed by atoms with Gasteiger partial charge in [0.05, 0.1) is 5.69 Å². The van der Waals surface area contributed by atoms with Crippen LogP contribution in [0.25, 0.3) is 0 Å². The molecule has 0 saturated heterocycles. The number of aromatic nitrogens is 2. The smallest absolute Gasteiger partial charge is 0.244 e. The Bertz CT molecular complexity index is 653. The van der Waals surface area contributed by atoms with Crippen molar-refractivity contribution in [3.8, 4) is 0 Å². The largest absolute Gasteiger partial charge is 0.383 e. The van der Waals surface area contributed by atoms with E-state index < -0.39 is 10.0 Å². The third-order valence-corrected chi connectivity index (χ3v) is 4.59. The van der Waals surface area contributed by atoms with Gasteiger partial charge in [-0.25, -0.2) is 12.7 Å². The molecule has 0 spiro atoms. The second-order valence-corrected chi connectivity index (χ2v) is 6.43. The zero-order valence-electron chi connectivity index (χ0n) is 11.3. The molecule has 0 fully saturated rings. The topological polar surface area (TPSA) is 88.3 Å². The summed E-state index contributed by atoms with van der Waals surface area (Å²) in [6, 6.07) is 6.78. The number of benzene rings is 1. The average molecular weight is 296 g/mol. The third kappa shape index (κ3) is 3.14. The van der Waals surface area contributed by atoms with Crippen LogP contribution in [0.3, 0.4) is 0 Å². The van der Waals surface area contributed by atoms with Crippen molar-refractivity contribution in [2.45, 2.75) is 11.3 Å². The standard InChI is InChI=1S/C12H16N4O3S/c1-16(2)20(17,18)11-6-4-3-5-10(11)13-8-7-12-14-9-19-15-12/h3-6,9,13H,7-8H2,1-2H3. The lowest BCUT2D eigenvalue weighted by atomic mass is 10.3. The Labute approximate surface area is 117 Å². The molecular formula is C12H16N4O3S. The van der Waals surface area contributed by atoms with Crippen molar-refractivity contribution in [2.75, 3.05) is 26.0 Å². The van der Waals surface area contributed by atoms with Crippen molar-refractivity contribution in [3.63, 3.8) is 0 Å². The van der Waals surface area contributed by atoms with E-state index >= 15 is 0 Å². The van der Waals surface area contributed by atoms with Crippen LogP contribution in [0.15, 0.2) is 40.1 Å². The van der Waals surface area contributed by atoms with Crippen LogP contribution in [0.4, 0.5) is 5.69 Å². The lowest BCUT2D eigenvalue weighted by molar-refractivity contribution is 0.410. The highest BCUT2D eigenvalue weighted by Crippen LogP contribution is 2.22. The highest BCUT2D eigenvalue weighted by atomic mass is 32.2. The Morgan fingerprint density at radius 3 is 2.70 bits per heavy atom. The Kier molecular flexibility index (Phi) is 4.35. The quantitative estimate of drug-likeness (QED) is 0.854. The number of hydrogen-bond donors (Lipinski definition) is 1. The van der Waals surface area contributed by atoms with Crippen molar-refractivity contribution in [2.24, 2.45) is 0 Å². The van der Waals surface area contributed by atoms with Crippen molar-refractivity contribution >= 4 is 15.7 Å². The van der Waals surface area contributed by atoms with Crippen LogP contribution in [0, 0.1) is 0 Å². The summed E-state index contributed by atoms with van der Waals surface area (Å²) < 4.78 is 30.2. The molecule has 8 heteroatoms.